The van der Waals surface area contributed by atoms with Crippen molar-refractivity contribution in [2.45, 2.75) is 13.3 Å². The van der Waals surface area contributed by atoms with Crippen LogP contribution in [0.2, 0.25) is 0 Å². The van der Waals surface area contributed by atoms with Crippen molar-refractivity contribution in [1.29, 1.82) is 0 Å². The van der Waals surface area contributed by atoms with Crippen LogP contribution >= 0.6 is 0 Å². The minimum Gasteiger partial charge on any atom is -0.396 e. The van der Waals surface area contributed by atoms with E-state index in [0.717, 1.165) is 6.42 Å². The molecule has 0 fully saturated rings. The van der Waals surface area contributed by atoms with Gasteiger partial charge in [0.15, 0.2) is 5.78 Å². The molecule has 0 bridgehead atoms. The van der Waals surface area contributed by atoms with Gasteiger partial charge in [-0.05, 0) is 12.3 Å². The van der Waals surface area contributed by atoms with E-state index < -0.39 is 0 Å². The summed E-state index contributed by atoms with van der Waals surface area (Å²) in [6.07, 6.45) is 2.10. The maximum Gasteiger partial charge on any atom is 0.209 e. The lowest BCUT2D eigenvalue weighted by molar-refractivity contribution is 0.0978. The Hall–Kier alpha value is -1.94. The number of aliphatic hydroxyl groups is 1. The lowest BCUT2D eigenvalue weighted by atomic mass is 9.92. The van der Waals surface area contributed by atoms with E-state index in [4.69, 9.17) is 5.11 Å². The molecule has 4 nitrogen and oxygen atoms in total. The normalized spacial score (nSPS) is 15.8. The van der Waals surface area contributed by atoms with Gasteiger partial charge in [0.25, 0.3) is 0 Å². The van der Waals surface area contributed by atoms with E-state index in [2.05, 4.69) is 5.32 Å². The predicted octanol–water partition coefficient (Wildman–Crippen LogP) is 1.56. The molecule has 19 heavy (non-hydrogen) atoms. The van der Waals surface area contributed by atoms with Gasteiger partial charge in [0.05, 0.1) is 5.70 Å². The van der Waals surface area contributed by atoms with Crippen molar-refractivity contribution in [2.24, 2.45) is 5.92 Å². The molecule has 1 aliphatic rings. The Morgan fingerprint density at radius 1 is 1.21 bits per heavy atom. The number of Topliss-reactive ketones (excluding diaryl/α,β-unsaturated/α-hetero) is 1. The molecule has 0 radical (unpaired) electrons. The van der Waals surface area contributed by atoms with Crippen molar-refractivity contribution in [3.8, 4) is 0 Å². The predicted molar refractivity (Wildman–Crippen MR) is 72.1 cm³/mol. The van der Waals surface area contributed by atoms with Gasteiger partial charge in [0.2, 0.25) is 5.78 Å². The van der Waals surface area contributed by atoms with E-state index in [-0.39, 0.29) is 24.1 Å². The molecular weight excluding hydrogens is 242 g/mol. The van der Waals surface area contributed by atoms with E-state index in [0.29, 0.717) is 23.4 Å². The summed E-state index contributed by atoms with van der Waals surface area (Å²) in [7, 11) is 0. The smallest absolute Gasteiger partial charge is 0.209 e. The second-order valence-corrected chi connectivity index (χ2v) is 4.80. The molecule has 4 heteroatoms. The highest BCUT2D eigenvalue weighted by Crippen LogP contribution is 2.19. The third-order valence-corrected chi connectivity index (χ3v) is 3.22. The molecule has 0 spiro atoms. The summed E-state index contributed by atoms with van der Waals surface area (Å²) in [4.78, 5) is 24.1. The topological polar surface area (TPSA) is 66.4 Å². The van der Waals surface area contributed by atoms with Crippen molar-refractivity contribution < 1.29 is 14.7 Å². The van der Waals surface area contributed by atoms with Crippen LogP contribution in [0.4, 0.5) is 0 Å². The number of carbonyl (C=O) groups excluding carboxylic acids is 2. The molecule has 0 saturated carbocycles. The average molecular weight is 259 g/mol. The Kier molecular flexibility index (Phi) is 4.12. The van der Waals surface area contributed by atoms with Gasteiger partial charge < -0.3 is 10.4 Å². The molecule has 1 aromatic rings. The number of hydrogen-bond acceptors (Lipinski definition) is 4. The van der Waals surface area contributed by atoms with Gasteiger partial charge in [0.1, 0.15) is 0 Å². The fourth-order valence-electron chi connectivity index (χ4n) is 1.99. The zero-order valence-corrected chi connectivity index (χ0v) is 10.8. The summed E-state index contributed by atoms with van der Waals surface area (Å²) >= 11 is 0. The standard InChI is InChI=1S/C15H17NO3/c1-10(9-17)6-7-16-13-8-14(18)11-4-2-3-5-12(11)15(13)19/h2-5,8,10,16-17H,6-7,9H2,1H3. The summed E-state index contributed by atoms with van der Waals surface area (Å²) in [5.74, 6) is -0.116. The second-order valence-electron chi connectivity index (χ2n) is 4.80. The summed E-state index contributed by atoms with van der Waals surface area (Å²) in [5, 5.41) is 11.9. The first-order valence-electron chi connectivity index (χ1n) is 6.38. The summed E-state index contributed by atoms with van der Waals surface area (Å²) in [6, 6.07) is 6.83. The Morgan fingerprint density at radius 3 is 2.58 bits per heavy atom. The maximum atomic E-state index is 12.2. The molecule has 0 heterocycles. The minimum atomic E-state index is -0.146. The molecule has 0 amide bonds. The largest absolute Gasteiger partial charge is 0.396 e. The van der Waals surface area contributed by atoms with Crippen LogP contribution in [0.25, 0.3) is 0 Å². The third kappa shape index (κ3) is 2.90. The number of aliphatic hydroxyl groups excluding tert-OH is 1. The first-order chi connectivity index (χ1) is 9.13. The Bertz CT molecular complexity index is 534. The summed E-state index contributed by atoms with van der Waals surface area (Å²) in [6.45, 7) is 2.62. The zero-order chi connectivity index (χ0) is 13.8. The van der Waals surface area contributed by atoms with Crippen molar-refractivity contribution in [2.75, 3.05) is 13.2 Å². The molecular formula is C15H17NO3. The number of benzene rings is 1. The van der Waals surface area contributed by atoms with Crippen LogP contribution in [0.3, 0.4) is 0 Å². The van der Waals surface area contributed by atoms with E-state index in [1.54, 1.807) is 24.3 Å². The highest BCUT2D eigenvalue weighted by atomic mass is 16.3. The number of rotatable bonds is 5. The first kappa shape index (κ1) is 13.5. The molecule has 0 aromatic heterocycles. The van der Waals surface area contributed by atoms with E-state index in [1.165, 1.54) is 6.08 Å². The zero-order valence-electron chi connectivity index (χ0n) is 10.8. The molecule has 100 valence electrons. The monoisotopic (exact) mass is 259 g/mol. The van der Waals surface area contributed by atoms with Crippen LogP contribution in [0.1, 0.15) is 34.1 Å². The van der Waals surface area contributed by atoms with Gasteiger partial charge in [-0.1, -0.05) is 31.2 Å². The van der Waals surface area contributed by atoms with Gasteiger partial charge in [0, 0.05) is 30.4 Å². The minimum absolute atomic E-state index is 0.121. The molecule has 0 aliphatic heterocycles. The Labute approximate surface area is 112 Å². The van der Waals surface area contributed by atoms with Crippen LogP contribution in [-0.2, 0) is 0 Å². The van der Waals surface area contributed by atoms with Gasteiger partial charge in [-0.15, -0.1) is 0 Å². The quantitative estimate of drug-likeness (QED) is 0.842. The molecule has 1 unspecified atom stereocenters. The SMILES string of the molecule is CC(CO)CCNC1=CC(=O)c2ccccc2C1=O. The number of ketones is 2. The maximum absolute atomic E-state index is 12.2. The first-order valence-corrected chi connectivity index (χ1v) is 6.38. The Morgan fingerprint density at radius 2 is 1.89 bits per heavy atom. The van der Waals surface area contributed by atoms with Crippen LogP contribution in [0, 0.1) is 5.92 Å². The van der Waals surface area contributed by atoms with Crippen molar-refractivity contribution in [3.05, 3.63) is 47.2 Å². The summed E-state index contributed by atoms with van der Waals surface area (Å²) < 4.78 is 0. The lowest BCUT2D eigenvalue weighted by Crippen LogP contribution is -2.28. The Balaban J connectivity index is 2.08. The molecule has 1 aliphatic carbocycles. The van der Waals surface area contributed by atoms with Crippen molar-refractivity contribution >= 4 is 11.6 Å². The highest BCUT2D eigenvalue weighted by Gasteiger charge is 2.24. The van der Waals surface area contributed by atoms with Crippen molar-refractivity contribution in [1.82, 2.24) is 5.32 Å². The lowest BCUT2D eigenvalue weighted by Gasteiger charge is -2.17. The average Bonchev–Trinajstić information content (AvgIpc) is 2.44. The fourth-order valence-corrected chi connectivity index (χ4v) is 1.99. The van der Waals surface area contributed by atoms with E-state index in [9.17, 15) is 9.59 Å². The highest BCUT2D eigenvalue weighted by molar-refractivity contribution is 6.24. The number of fused-ring (bicyclic) bond motifs is 1. The van der Waals surface area contributed by atoms with Gasteiger partial charge in [-0.25, -0.2) is 0 Å². The molecule has 2 rings (SSSR count). The van der Waals surface area contributed by atoms with Gasteiger partial charge >= 0.3 is 0 Å². The molecule has 0 saturated heterocycles. The molecule has 1 atom stereocenters. The summed E-state index contributed by atoms with van der Waals surface area (Å²) in [5.41, 5.74) is 1.25. The van der Waals surface area contributed by atoms with Crippen LogP contribution in [0.5, 0.6) is 0 Å². The van der Waals surface area contributed by atoms with E-state index >= 15 is 0 Å². The second kappa shape index (κ2) is 5.80. The van der Waals surface area contributed by atoms with Crippen molar-refractivity contribution in [3.63, 3.8) is 0 Å². The number of nitrogens with one attached hydrogen (secondary N) is 1. The molecule has 1 aromatic carbocycles. The number of carbonyl (C=O) groups is 2. The number of allylic oxidation sites excluding steroid dienone is 2. The van der Waals surface area contributed by atoms with Gasteiger partial charge in [-0.3, -0.25) is 9.59 Å². The fraction of sp³-hybridized carbons (Fsp3) is 0.333. The van der Waals surface area contributed by atoms with Gasteiger partial charge in [-0.2, -0.15) is 0 Å². The van der Waals surface area contributed by atoms with Crippen LogP contribution < -0.4 is 5.32 Å². The van der Waals surface area contributed by atoms with E-state index in [1.807, 2.05) is 6.92 Å². The molecule has 2 N–H and O–H groups in total. The third-order valence-electron chi connectivity index (χ3n) is 3.22. The number of hydrogen-bond donors (Lipinski definition) is 2. The van der Waals surface area contributed by atoms with Crippen LogP contribution in [-0.4, -0.2) is 29.8 Å². The van der Waals surface area contributed by atoms with Crippen LogP contribution in [0.15, 0.2) is 36.0 Å².